The van der Waals surface area contributed by atoms with Gasteiger partial charge in [-0.15, -0.1) is 0 Å². The second kappa shape index (κ2) is 10.5. The number of aromatic hydroxyl groups is 1. The fourth-order valence-electron chi connectivity index (χ4n) is 4.82. The van der Waals surface area contributed by atoms with Gasteiger partial charge in [-0.1, -0.05) is 42.5 Å². The van der Waals surface area contributed by atoms with Gasteiger partial charge in [0.25, 0.3) is 5.91 Å². The van der Waals surface area contributed by atoms with Crippen molar-refractivity contribution in [1.29, 1.82) is 5.26 Å². The molecule has 0 aromatic heterocycles. The molecule has 1 aliphatic heterocycles. The molecule has 0 saturated heterocycles. The lowest BCUT2D eigenvalue weighted by Gasteiger charge is -2.39. The Morgan fingerprint density at radius 1 is 1.05 bits per heavy atom. The molecule has 3 aromatic carbocycles. The third-order valence-electron chi connectivity index (χ3n) is 6.72. The number of nitrogens with two attached hydrogens (primary N) is 1. The van der Waals surface area contributed by atoms with Crippen LogP contribution in [-0.4, -0.2) is 21.8 Å². The molecule has 4 N–H and O–H groups in total. The topological polar surface area (TPSA) is 129 Å². The summed E-state index contributed by atoms with van der Waals surface area (Å²) in [6.45, 7) is 0.420. The van der Waals surface area contributed by atoms with E-state index in [0.29, 0.717) is 48.5 Å². The number of benzene rings is 3. The van der Waals surface area contributed by atoms with Crippen molar-refractivity contribution in [1.82, 2.24) is 10.4 Å². The molecule has 3 aromatic rings. The molecule has 0 radical (unpaired) electrons. The molecular weight excluding hydrogens is 480 g/mol. The number of carbonyl (C=O) groups is 2. The third kappa shape index (κ3) is 4.82. The Hall–Kier alpha value is -5.03. The molecular formula is C30H26N4O4. The van der Waals surface area contributed by atoms with E-state index in [4.69, 9.17) is 10.5 Å². The van der Waals surface area contributed by atoms with Gasteiger partial charge in [0.05, 0.1) is 17.6 Å². The summed E-state index contributed by atoms with van der Waals surface area (Å²) in [6.07, 6.45) is 1.48. The fourth-order valence-corrected chi connectivity index (χ4v) is 4.82. The number of Topliss-reactive ketones (excluding diaryl/α,β-unsaturated/α-hetero) is 1. The summed E-state index contributed by atoms with van der Waals surface area (Å²) in [7, 11) is 0. The number of carbonyl (C=O) groups excluding carboxylic acids is 2. The van der Waals surface area contributed by atoms with Crippen LogP contribution in [0.2, 0.25) is 0 Å². The number of hydrogen-bond acceptors (Lipinski definition) is 7. The van der Waals surface area contributed by atoms with Crippen LogP contribution in [0.25, 0.3) is 0 Å². The Morgan fingerprint density at radius 2 is 1.76 bits per heavy atom. The first-order valence-corrected chi connectivity index (χ1v) is 12.3. The summed E-state index contributed by atoms with van der Waals surface area (Å²) >= 11 is 0. The minimum Gasteiger partial charge on any atom is -0.508 e. The van der Waals surface area contributed by atoms with Crippen LogP contribution in [0, 0.1) is 11.3 Å². The first-order chi connectivity index (χ1) is 18.5. The summed E-state index contributed by atoms with van der Waals surface area (Å²) < 4.78 is 5.89. The maximum Gasteiger partial charge on any atom is 0.270 e. The molecule has 0 fully saturated rings. The number of nitrogens with zero attached hydrogens (tertiary/aromatic N) is 2. The quantitative estimate of drug-likeness (QED) is 0.451. The SMILES string of the molecule is N#CC1=C(N)N(NC(=O)c2ccc(O)cc2)C2=C(C(=O)CCC2)C1c1ccc(OCc2ccccc2)cc1. The van der Waals surface area contributed by atoms with Crippen LogP contribution in [0.4, 0.5) is 0 Å². The minimum atomic E-state index is -0.646. The summed E-state index contributed by atoms with van der Waals surface area (Å²) in [4.78, 5) is 26.2. The number of amides is 1. The number of nitrogens with one attached hydrogen (secondary N) is 1. The Kier molecular flexibility index (Phi) is 6.83. The van der Waals surface area contributed by atoms with E-state index in [1.54, 1.807) is 0 Å². The highest BCUT2D eigenvalue weighted by atomic mass is 16.5. The van der Waals surface area contributed by atoms with E-state index in [1.807, 2.05) is 54.6 Å². The Balaban J connectivity index is 1.45. The lowest BCUT2D eigenvalue weighted by atomic mass is 9.76. The Morgan fingerprint density at radius 3 is 2.45 bits per heavy atom. The van der Waals surface area contributed by atoms with Crippen LogP contribution in [0.5, 0.6) is 11.5 Å². The van der Waals surface area contributed by atoms with Crippen LogP contribution in [-0.2, 0) is 11.4 Å². The average molecular weight is 507 g/mol. The van der Waals surface area contributed by atoms with Crippen molar-refractivity contribution >= 4 is 11.7 Å². The zero-order valence-electron chi connectivity index (χ0n) is 20.6. The molecule has 0 saturated carbocycles. The molecule has 1 atom stereocenters. The first-order valence-electron chi connectivity index (χ1n) is 12.3. The molecule has 0 bridgehead atoms. The highest BCUT2D eigenvalue weighted by Crippen LogP contribution is 2.44. The maximum absolute atomic E-state index is 13.2. The van der Waals surface area contributed by atoms with Gasteiger partial charge in [0.2, 0.25) is 0 Å². The maximum atomic E-state index is 13.2. The fraction of sp³-hybridized carbons (Fsp3) is 0.167. The first kappa shape index (κ1) is 24.7. The number of ketones is 1. The van der Waals surface area contributed by atoms with Crippen molar-refractivity contribution in [2.24, 2.45) is 5.73 Å². The predicted molar refractivity (Wildman–Crippen MR) is 140 cm³/mol. The summed E-state index contributed by atoms with van der Waals surface area (Å²) in [5.74, 6) is -0.433. The largest absolute Gasteiger partial charge is 0.508 e. The average Bonchev–Trinajstić information content (AvgIpc) is 2.94. The van der Waals surface area contributed by atoms with Crippen LogP contribution < -0.4 is 15.9 Å². The van der Waals surface area contributed by atoms with Gasteiger partial charge in [-0.2, -0.15) is 5.26 Å². The summed E-state index contributed by atoms with van der Waals surface area (Å²) in [6, 6.07) is 25.1. The number of hydrogen-bond donors (Lipinski definition) is 3. The zero-order chi connectivity index (χ0) is 26.6. The molecule has 1 amide bonds. The summed E-state index contributed by atoms with van der Waals surface area (Å²) in [5.41, 5.74) is 12.5. The highest BCUT2D eigenvalue weighted by Gasteiger charge is 2.40. The molecule has 0 spiro atoms. The lowest BCUT2D eigenvalue weighted by Crippen LogP contribution is -2.48. The van der Waals surface area contributed by atoms with Crippen molar-refractivity contribution in [3.63, 3.8) is 0 Å². The van der Waals surface area contributed by atoms with Gasteiger partial charge in [0.15, 0.2) is 5.78 Å². The van der Waals surface area contributed by atoms with Crippen LogP contribution in [0.1, 0.15) is 46.7 Å². The standard InChI is InChI=1S/C30H26N4O4/c31-17-24-27(20-11-15-23(16-12-20)38-18-19-5-2-1-3-6-19)28-25(7-4-8-26(28)36)34(29(24)32)33-30(37)21-9-13-22(35)14-10-21/h1-3,5-6,9-16,27,35H,4,7-8,18,32H2,(H,33,37). The van der Waals surface area contributed by atoms with Gasteiger partial charge in [-0.25, -0.2) is 5.01 Å². The van der Waals surface area contributed by atoms with Crippen molar-refractivity contribution in [3.05, 3.63) is 118 Å². The minimum absolute atomic E-state index is 0.0351. The van der Waals surface area contributed by atoms with Crippen LogP contribution in [0.3, 0.4) is 0 Å². The van der Waals surface area contributed by atoms with E-state index in [0.717, 1.165) is 11.1 Å². The zero-order valence-corrected chi connectivity index (χ0v) is 20.6. The van der Waals surface area contributed by atoms with Gasteiger partial charge < -0.3 is 15.6 Å². The van der Waals surface area contributed by atoms with Crippen molar-refractivity contribution in [2.45, 2.75) is 31.8 Å². The number of ether oxygens (including phenoxy) is 1. The van der Waals surface area contributed by atoms with Crippen LogP contribution in [0.15, 0.2) is 102 Å². The van der Waals surface area contributed by atoms with Crippen molar-refractivity contribution in [2.75, 3.05) is 0 Å². The molecule has 5 rings (SSSR count). The third-order valence-corrected chi connectivity index (χ3v) is 6.72. The van der Waals surface area contributed by atoms with E-state index in [2.05, 4.69) is 11.5 Å². The molecule has 1 aliphatic carbocycles. The molecule has 1 unspecified atom stereocenters. The number of hydrazine groups is 1. The number of rotatable bonds is 6. The van der Waals surface area contributed by atoms with Gasteiger partial charge in [-0.05, 0) is 60.4 Å². The summed E-state index contributed by atoms with van der Waals surface area (Å²) in [5, 5.41) is 21.0. The molecule has 2 aliphatic rings. The smallest absolute Gasteiger partial charge is 0.270 e. The molecule has 8 heteroatoms. The van der Waals surface area contributed by atoms with Gasteiger partial charge in [0.1, 0.15) is 23.9 Å². The molecule has 190 valence electrons. The van der Waals surface area contributed by atoms with Gasteiger partial charge >= 0.3 is 0 Å². The highest BCUT2D eigenvalue weighted by molar-refractivity contribution is 6.00. The van der Waals surface area contributed by atoms with Crippen molar-refractivity contribution < 1.29 is 19.4 Å². The van der Waals surface area contributed by atoms with E-state index in [1.165, 1.54) is 29.3 Å². The van der Waals surface area contributed by atoms with E-state index >= 15 is 0 Å². The molecule has 8 nitrogen and oxygen atoms in total. The van der Waals surface area contributed by atoms with E-state index in [-0.39, 0.29) is 22.9 Å². The van der Waals surface area contributed by atoms with Gasteiger partial charge in [0, 0.05) is 23.3 Å². The second-order valence-corrected chi connectivity index (χ2v) is 9.15. The van der Waals surface area contributed by atoms with Gasteiger partial charge in [-0.3, -0.25) is 15.0 Å². The Labute approximate surface area is 220 Å². The molecule has 38 heavy (non-hydrogen) atoms. The monoisotopic (exact) mass is 506 g/mol. The van der Waals surface area contributed by atoms with Crippen molar-refractivity contribution in [3.8, 4) is 17.6 Å². The Bertz CT molecular complexity index is 1470. The van der Waals surface area contributed by atoms with E-state index < -0.39 is 11.8 Å². The lowest BCUT2D eigenvalue weighted by molar-refractivity contribution is -0.116. The number of phenolic OH excluding ortho intramolecular Hbond substituents is 1. The van der Waals surface area contributed by atoms with E-state index in [9.17, 15) is 20.0 Å². The number of nitriles is 1. The normalized spacial score (nSPS) is 17.1. The molecule has 1 heterocycles. The number of allylic oxidation sites excluding steroid dienone is 3. The second-order valence-electron chi connectivity index (χ2n) is 9.15. The number of phenols is 1. The predicted octanol–water partition coefficient (Wildman–Crippen LogP) is 4.42. The van der Waals surface area contributed by atoms with Crippen LogP contribution >= 0.6 is 0 Å².